The molecule has 1 aliphatic rings. The molecule has 12 heteroatoms. The first-order valence-corrected chi connectivity index (χ1v) is 9.29. The van der Waals surface area contributed by atoms with Gasteiger partial charge in [0.15, 0.2) is 23.9 Å². The number of halogens is 3. The third-order valence-corrected chi connectivity index (χ3v) is 4.07. The maximum atomic E-state index is 12.5. The van der Waals surface area contributed by atoms with E-state index >= 15 is 0 Å². The second-order valence-corrected chi connectivity index (χ2v) is 6.18. The maximum Gasteiger partial charge on any atom is 0.422 e. The Bertz CT molecular complexity index is 787. The molecule has 0 fully saturated rings. The van der Waals surface area contributed by atoms with Gasteiger partial charge in [-0.15, -0.1) is 10.2 Å². The monoisotopic (exact) mass is 405 g/mol. The lowest BCUT2D eigenvalue weighted by Crippen LogP contribution is -2.23. The molecular formula is C15H18F3N5O3S. The molecule has 1 aliphatic heterocycles. The van der Waals surface area contributed by atoms with E-state index in [0.717, 1.165) is 0 Å². The van der Waals surface area contributed by atoms with Crippen LogP contribution in [0.3, 0.4) is 0 Å². The third-order valence-electron chi connectivity index (χ3n) is 3.68. The van der Waals surface area contributed by atoms with Crippen molar-refractivity contribution in [1.29, 1.82) is 0 Å². The average Bonchev–Trinajstić information content (AvgIpc) is 2.96. The van der Waals surface area contributed by atoms with E-state index in [9.17, 15) is 13.2 Å². The first-order valence-electron chi connectivity index (χ1n) is 8.07. The first-order chi connectivity index (χ1) is 12.9. The molecule has 3 rings (SSSR count). The number of pyridine rings is 1. The largest absolute Gasteiger partial charge is 0.487 e. The van der Waals surface area contributed by atoms with Gasteiger partial charge in [0.05, 0.1) is 24.4 Å². The Morgan fingerprint density at radius 3 is 2.89 bits per heavy atom. The summed E-state index contributed by atoms with van der Waals surface area (Å²) in [4.78, 5) is 3.97. The molecule has 3 heterocycles. The van der Waals surface area contributed by atoms with Gasteiger partial charge in [0.1, 0.15) is 6.61 Å². The lowest BCUT2D eigenvalue weighted by atomic mass is 10.2. The Morgan fingerprint density at radius 2 is 2.19 bits per heavy atom. The Morgan fingerprint density at radius 1 is 1.37 bits per heavy atom. The van der Waals surface area contributed by atoms with E-state index < -0.39 is 12.8 Å². The molecule has 1 N–H and O–H groups in total. The van der Waals surface area contributed by atoms with Crippen LogP contribution >= 0.6 is 11.9 Å². The molecule has 0 bridgehead atoms. The highest BCUT2D eigenvalue weighted by Crippen LogP contribution is 2.41. The molecular weight excluding hydrogens is 387 g/mol. The number of nitrogens with zero attached hydrogens (tertiary/aromatic N) is 4. The Hall–Kier alpha value is -2.21. The topological polar surface area (TPSA) is 83.3 Å². The van der Waals surface area contributed by atoms with Crippen molar-refractivity contribution in [1.82, 2.24) is 19.7 Å². The van der Waals surface area contributed by atoms with Crippen LogP contribution < -0.4 is 14.2 Å². The summed E-state index contributed by atoms with van der Waals surface area (Å²) >= 11 is 1.34. The molecule has 27 heavy (non-hydrogen) atoms. The van der Waals surface area contributed by atoms with Crippen LogP contribution in [0.2, 0.25) is 0 Å². The van der Waals surface area contributed by atoms with E-state index in [1.807, 2.05) is 13.2 Å². The van der Waals surface area contributed by atoms with E-state index in [4.69, 9.17) is 14.2 Å². The molecule has 2 aromatic rings. The molecule has 0 radical (unpaired) electrons. The van der Waals surface area contributed by atoms with Crippen LogP contribution in [0.4, 0.5) is 19.1 Å². The molecule has 0 spiro atoms. The molecule has 0 amide bonds. The number of rotatable bonds is 7. The molecule has 0 saturated carbocycles. The summed E-state index contributed by atoms with van der Waals surface area (Å²) in [5.41, 5.74) is 0.398. The van der Waals surface area contributed by atoms with Crippen LogP contribution in [0, 0.1) is 0 Å². The minimum Gasteiger partial charge on any atom is -0.487 e. The van der Waals surface area contributed by atoms with E-state index in [2.05, 4.69) is 19.9 Å². The molecule has 148 valence electrons. The Balaban J connectivity index is 2.01. The Labute approximate surface area is 157 Å². The second kappa shape index (κ2) is 8.21. The van der Waals surface area contributed by atoms with Crippen LogP contribution in [0.5, 0.6) is 11.5 Å². The summed E-state index contributed by atoms with van der Waals surface area (Å²) in [5, 5.41) is 8.29. The SMILES string of the molecule is CCOC[C@@H]1COc2c(OCC(F)(F)F)cncc2-c2nnc(NSC)n21. The zero-order valence-corrected chi connectivity index (χ0v) is 15.4. The van der Waals surface area contributed by atoms with Crippen LogP contribution in [-0.2, 0) is 4.74 Å². The van der Waals surface area contributed by atoms with Crippen molar-refractivity contribution in [3.05, 3.63) is 12.4 Å². The van der Waals surface area contributed by atoms with Crippen molar-refractivity contribution < 1.29 is 27.4 Å². The van der Waals surface area contributed by atoms with Gasteiger partial charge >= 0.3 is 6.18 Å². The quantitative estimate of drug-likeness (QED) is 0.704. The van der Waals surface area contributed by atoms with Crippen molar-refractivity contribution in [2.45, 2.75) is 19.1 Å². The molecule has 8 nitrogen and oxygen atoms in total. The van der Waals surface area contributed by atoms with E-state index in [-0.39, 0.29) is 24.1 Å². The maximum absolute atomic E-state index is 12.5. The highest BCUT2D eigenvalue weighted by atomic mass is 32.2. The van der Waals surface area contributed by atoms with E-state index in [0.29, 0.717) is 30.5 Å². The van der Waals surface area contributed by atoms with Crippen molar-refractivity contribution in [3.63, 3.8) is 0 Å². The molecule has 0 aromatic carbocycles. The third kappa shape index (κ3) is 4.38. The van der Waals surface area contributed by atoms with Gasteiger partial charge in [-0.2, -0.15) is 13.2 Å². The van der Waals surface area contributed by atoms with E-state index in [1.54, 1.807) is 4.57 Å². The fourth-order valence-electron chi connectivity index (χ4n) is 2.61. The van der Waals surface area contributed by atoms with E-state index in [1.165, 1.54) is 24.3 Å². The average molecular weight is 405 g/mol. The van der Waals surface area contributed by atoms with Crippen molar-refractivity contribution in [3.8, 4) is 22.9 Å². The van der Waals surface area contributed by atoms with Crippen molar-refractivity contribution in [2.75, 3.05) is 37.4 Å². The summed E-state index contributed by atoms with van der Waals surface area (Å²) in [7, 11) is 0. The van der Waals surface area contributed by atoms with Crippen LogP contribution in [0.25, 0.3) is 11.4 Å². The van der Waals surface area contributed by atoms with Crippen molar-refractivity contribution in [2.24, 2.45) is 0 Å². The number of aromatic nitrogens is 4. The second-order valence-electron chi connectivity index (χ2n) is 5.57. The number of alkyl halides is 3. The number of anilines is 1. The predicted octanol–water partition coefficient (Wildman–Crippen LogP) is 2.94. The van der Waals surface area contributed by atoms with Gasteiger partial charge in [-0.05, 0) is 6.92 Å². The minimum atomic E-state index is -4.47. The molecule has 0 unspecified atom stereocenters. The normalized spacial score (nSPS) is 16.1. The summed E-state index contributed by atoms with van der Waals surface area (Å²) in [5.74, 6) is 0.947. The van der Waals surface area contributed by atoms with Crippen LogP contribution in [-0.4, -0.2) is 58.6 Å². The standard InChI is InChI=1S/C15H18F3N5O3S/c1-3-24-6-9-7-25-12-10(13-20-21-14(22-27-2)23(9)13)4-19-5-11(12)26-8-15(16,17)18/h4-5,9H,3,6-8H2,1-2H3,(H,21,22)/t9-/m1/s1. The number of fused-ring (bicyclic) bond motifs is 3. The van der Waals surface area contributed by atoms with Gasteiger partial charge < -0.3 is 14.2 Å². The summed E-state index contributed by atoms with van der Waals surface area (Å²) in [6.45, 7) is 1.40. The lowest BCUT2D eigenvalue weighted by molar-refractivity contribution is -0.153. The molecule has 0 saturated heterocycles. The van der Waals surface area contributed by atoms with Crippen molar-refractivity contribution >= 4 is 17.9 Å². The molecule has 2 aromatic heterocycles. The zero-order chi connectivity index (χ0) is 19.4. The summed E-state index contributed by atoms with van der Waals surface area (Å²) in [6.07, 6.45) is 0.0167. The molecule has 0 aliphatic carbocycles. The zero-order valence-electron chi connectivity index (χ0n) is 14.6. The predicted molar refractivity (Wildman–Crippen MR) is 93.0 cm³/mol. The molecule has 1 atom stereocenters. The number of nitrogens with one attached hydrogen (secondary N) is 1. The fraction of sp³-hybridized carbons (Fsp3) is 0.533. The van der Waals surface area contributed by atoms with Gasteiger partial charge in [-0.25, -0.2) is 0 Å². The fourth-order valence-corrected chi connectivity index (χ4v) is 2.93. The first kappa shape index (κ1) is 19.5. The van der Waals surface area contributed by atoms with Crippen LogP contribution in [0.15, 0.2) is 12.4 Å². The minimum absolute atomic E-state index is 0.101. The number of ether oxygens (including phenoxy) is 3. The van der Waals surface area contributed by atoms with Gasteiger partial charge in [0.2, 0.25) is 5.95 Å². The van der Waals surface area contributed by atoms with Gasteiger partial charge in [0.25, 0.3) is 0 Å². The van der Waals surface area contributed by atoms with Crippen LogP contribution in [0.1, 0.15) is 13.0 Å². The number of hydrogen-bond donors (Lipinski definition) is 1. The van der Waals surface area contributed by atoms with Gasteiger partial charge in [-0.3, -0.25) is 14.3 Å². The summed E-state index contributed by atoms with van der Waals surface area (Å²) < 4.78 is 58.7. The lowest BCUT2D eigenvalue weighted by Gasteiger charge is -2.19. The Kier molecular flexibility index (Phi) is 5.95. The van der Waals surface area contributed by atoms with Gasteiger partial charge in [0, 0.05) is 19.1 Å². The van der Waals surface area contributed by atoms with Gasteiger partial charge in [-0.1, -0.05) is 11.9 Å². The number of hydrogen-bond acceptors (Lipinski definition) is 8. The highest BCUT2D eigenvalue weighted by molar-refractivity contribution is 7.99. The summed E-state index contributed by atoms with van der Waals surface area (Å²) in [6, 6.07) is -0.285. The highest BCUT2D eigenvalue weighted by Gasteiger charge is 2.32. The smallest absolute Gasteiger partial charge is 0.422 e.